The second-order valence-corrected chi connectivity index (χ2v) is 4.08. The van der Waals surface area contributed by atoms with Crippen LogP contribution in [0.15, 0.2) is 12.1 Å². The van der Waals surface area contributed by atoms with E-state index in [0.29, 0.717) is 23.2 Å². The first-order chi connectivity index (χ1) is 7.10. The van der Waals surface area contributed by atoms with E-state index in [4.69, 9.17) is 21.5 Å². The van der Waals surface area contributed by atoms with Crippen molar-refractivity contribution in [3.05, 3.63) is 28.3 Å². The molecule has 0 saturated heterocycles. The van der Waals surface area contributed by atoms with Crippen molar-refractivity contribution in [1.29, 1.82) is 0 Å². The van der Waals surface area contributed by atoms with Gasteiger partial charge in [-0.2, -0.15) is 0 Å². The van der Waals surface area contributed by atoms with Gasteiger partial charge in [-0.1, -0.05) is 25.4 Å². The Hall–Kier alpha value is -0.770. The molecule has 3 nitrogen and oxygen atoms in total. The van der Waals surface area contributed by atoms with E-state index >= 15 is 0 Å². The van der Waals surface area contributed by atoms with Crippen molar-refractivity contribution in [3.8, 4) is 5.75 Å². The molecule has 1 aromatic rings. The summed E-state index contributed by atoms with van der Waals surface area (Å²) in [7, 11) is 1.59. The van der Waals surface area contributed by atoms with E-state index in [-0.39, 0.29) is 0 Å². The molecule has 0 aliphatic carbocycles. The van der Waals surface area contributed by atoms with Crippen LogP contribution in [0.25, 0.3) is 0 Å². The highest BCUT2D eigenvalue weighted by molar-refractivity contribution is 6.32. The van der Waals surface area contributed by atoms with Gasteiger partial charge in [-0.3, -0.25) is 0 Å². The molecule has 0 spiro atoms. The summed E-state index contributed by atoms with van der Waals surface area (Å²) in [5.41, 5.74) is 4.25. The largest absolute Gasteiger partial charge is 0.495 e. The average Bonchev–Trinajstić information content (AvgIpc) is 2.18. The van der Waals surface area contributed by atoms with Gasteiger partial charge in [0, 0.05) is 6.54 Å². The van der Waals surface area contributed by atoms with Crippen LogP contribution in [0.2, 0.25) is 5.02 Å². The summed E-state index contributed by atoms with van der Waals surface area (Å²) in [6.07, 6.45) is 0. The number of methoxy groups -OCH3 is 1. The molecule has 0 aliphatic heterocycles. The lowest BCUT2D eigenvalue weighted by molar-refractivity contribution is 0.161. The Bertz CT molecular complexity index is 340. The lowest BCUT2D eigenvalue weighted by Gasteiger charge is -2.15. The predicted molar refractivity (Wildman–Crippen MR) is 60.7 cm³/mol. The van der Waals surface area contributed by atoms with Gasteiger partial charge in [-0.15, -0.1) is 0 Å². The Morgan fingerprint density at radius 3 is 2.60 bits per heavy atom. The van der Waals surface area contributed by atoms with Gasteiger partial charge in [-0.25, -0.2) is 5.48 Å². The number of nitrogens with one attached hydrogen (secondary N) is 1. The zero-order chi connectivity index (χ0) is 11.4. The SMILES string of the molecule is COc1cc(C(C)C)c(CNO)cc1Cl. The van der Waals surface area contributed by atoms with E-state index in [1.54, 1.807) is 7.11 Å². The molecule has 0 amide bonds. The molecule has 0 aliphatic rings. The summed E-state index contributed by atoms with van der Waals surface area (Å²) < 4.78 is 5.15. The van der Waals surface area contributed by atoms with Crippen molar-refractivity contribution in [2.24, 2.45) is 0 Å². The van der Waals surface area contributed by atoms with Crippen LogP contribution in [0.3, 0.4) is 0 Å². The number of hydrogen-bond acceptors (Lipinski definition) is 3. The molecule has 0 radical (unpaired) electrons. The number of ether oxygens (including phenoxy) is 1. The maximum atomic E-state index is 8.72. The number of hydroxylamine groups is 1. The molecule has 0 unspecified atom stereocenters. The minimum atomic E-state index is 0.361. The van der Waals surface area contributed by atoms with Gasteiger partial charge in [0.15, 0.2) is 0 Å². The molecule has 0 bridgehead atoms. The van der Waals surface area contributed by atoms with Gasteiger partial charge in [0.05, 0.1) is 12.1 Å². The second kappa shape index (κ2) is 5.35. The summed E-state index contributed by atoms with van der Waals surface area (Å²) in [6, 6.07) is 3.73. The summed E-state index contributed by atoms with van der Waals surface area (Å²) in [4.78, 5) is 0. The van der Waals surface area contributed by atoms with E-state index in [9.17, 15) is 0 Å². The standard InChI is InChI=1S/C11H16ClNO2/c1-7(2)9-5-11(15-3)10(12)4-8(9)6-13-14/h4-5,7,13-14H,6H2,1-3H3. The number of benzene rings is 1. The quantitative estimate of drug-likeness (QED) is 0.780. The van der Waals surface area contributed by atoms with Gasteiger partial charge >= 0.3 is 0 Å². The maximum absolute atomic E-state index is 8.72. The second-order valence-electron chi connectivity index (χ2n) is 3.68. The molecule has 1 rings (SSSR count). The fraction of sp³-hybridized carbons (Fsp3) is 0.455. The van der Waals surface area contributed by atoms with E-state index in [0.717, 1.165) is 11.1 Å². The lowest BCUT2D eigenvalue weighted by Crippen LogP contribution is -2.09. The Kier molecular flexibility index (Phi) is 4.39. The van der Waals surface area contributed by atoms with Crippen LogP contribution in [0, 0.1) is 0 Å². The normalized spacial score (nSPS) is 10.8. The van der Waals surface area contributed by atoms with Crippen LogP contribution in [-0.4, -0.2) is 12.3 Å². The fourth-order valence-corrected chi connectivity index (χ4v) is 1.81. The van der Waals surface area contributed by atoms with Crippen LogP contribution in [0.4, 0.5) is 0 Å². The Balaban J connectivity index is 3.19. The van der Waals surface area contributed by atoms with E-state index in [2.05, 4.69) is 19.3 Å². The van der Waals surface area contributed by atoms with Crippen molar-refractivity contribution in [2.75, 3.05) is 7.11 Å². The third-order valence-electron chi connectivity index (χ3n) is 2.31. The van der Waals surface area contributed by atoms with Crippen molar-refractivity contribution in [2.45, 2.75) is 26.3 Å². The highest BCUT2D eigenvalue weighted by Crippen LogP contribution is 2.31. The van der Waals surface area contributed by atoms with Crippen molar-refractivity contribution in [1.82, 2.24) is 5.48 Å². The number of rotatable bonds is 4. The van der Waals surface area contributed by atoms with E-state index < -0.39 is 0 Å². The number of hydrogen-bond donors (Lipinski definition) is 2. The fourth-order valence-electron chi connectivity index (χ4n) is 1.54. The van der Waals surface area contributed by atoms with Crippen LogP contribution < -0.4 is 10.2 Å². The van der Waals surface area contributed by atoms with Crippen LogP contribution in [0.1, 0.15) is 30.9 Å². The molecule has 1 aromatic carbocycles. The Morgan fingerprint density at radius 2 is 2.13 bits per heavy atom. The zero-order valence-corrected chi connectivity index (χ0v) is 9.93. The van der Waals surface area contributed by atoms with Crippen molar-refractivity contribution >= 4 is 11.6 Å². The smallest absolute Gasteiger partial charge is 0.137 e. The molecule has 0 saturated carbocycles. The highest BCUT2D eigenvalue weighted by atomic mass is 35.5. The zero-order valence-electron chi connectivity index (χ0n) is 9.17. The molecule has 84 valence electrons. The van der Waals surface area contributed by atoms with Crippen LogP contribution in [-0.2, 0) is 6.54 Å². The molecule has 2 N–H and O–H groups in total. The molecule has 0 heterocycles. The first-order valence-corrected chi connectivity index (χ1v) is 5.21. The minimum absolute atomic E-state index is 0.361. The first-order valence-electron chi connectivity index (χ1n) is 4.83. The average molecular weight is 230 g/mol. The van der Waals surface area contributed by atoms with Crippen molar-refractivity contribution in [3.63, 3.8) is 0 Å². The number of halogens is 1. The van der Waals surface area contributed by atoms with Gasteiger partial charge in [-0.05, 0) is 29.2 Å². The summed E-state index contributed by atoms with van der Waals surface area (Å²) in [5.74, 6) is 1.03. The molecular weight excluding hydrogens is 214 g/mol. The molecule has 0 aromatic heterocycles. The maximum Gasteiger partial charge on any atom is 0.137 e. The molecule has 0 atom stereocenters. The molecule has 0 fully saturated rings. The molecule has 15 heavy (non-hydrogen) atoms. The Labute approximate surface area is 95.0 Å². The minimum Gasteiger partial charge on any atom is -0.495 e. The monoisotopic (exact) mass is 229 g/mol. The summed E-state index contributed by atoms with van der Waals surface area (Å²) in [6.45, 7) is 4.56. The van der Waals surface area contributed by atoms with E-state index in [1.807, 2.05) is 12.1 Å². The van der Waals surface area contributed by atoms with E-state index in [1.165, 1.54) is 0 Å². The lowest BCUT2D eigenvalue weighted by atomic mass is 9.97. The Morgan fingerprint density at radius 1 is 1.47 bits per heavy atom. The van der Waals surface area contributed by atoms with Gasteiger partial charge in [0.2, 0.25) is 0 Å². The van der Waals surface area contributed by atoms with Crippen molar-refractivity contribution < 1.29 is 9.94 Å². The summed E-state index contributed by atoms with van der Waals surface area (Å²) >= 11 is 6.01. The third-order valence-corrected chi connectivity index (χ3v) is 2.60. The van der Waals surface area contributed by atoms with Crippen LogP contribution in [0.5, 0.6) is 5.75 Å². The van der Waals surface area contributed by atoms with Gasteiger partial charge in [0.1, 0.15) is 5.75 Å². The predicted octanol–water partition coefficient (Wildman–Crippen LogP) is 2.95. The first kappa shape index (κ1) is 12.3. The van der Waals surface area contributed by atoms with Crippen LogP contribution >= 0.6 is 11.6 Å². The summed E-state index contributed by atoms with van der Waals surface area (Å²) in [5, 5.41) is 9.28. The van der Waals surface area contributed by atoms with Gasteiger partial charge < -0.3 is 9.94 Å². The molecular formula is C11H16ClNO2. The third kappa shape index (κ3) is 2.84. The molecule has 4 heteroatoms. The highest BCUT2D eigenvalue weighted by Gasteiger charge is 2.11. The van der Waals surface area contributed by atoms with Gasteiger partial charge in [0.25, 0.3) is 0 Å². The topological polar surface area (TPSA) is 41.5 Å².